The second kappa shape index (κ2) is 5.64. The van der Waals surface area contributed by atoms with Crippen LogP contribution in [0.1, 0.15) is 44.9 Å². The summed E-state index contributed by atoms with van der Waals surface area (Å²) >= 11 is 0. The van der Waals surface area contributed by atoms with Crippen LogP contribution in [0.5, 0.6) is 0 Å². The van der Waals surface area contributed by atoms with E-state index in [0.29, 0.717) is 12.5 Å². The molecule has 1 saturated carbocycles. The maximum atomic E-state index is 11.7. The van der Waals surface area contributed by atoms with Crippen LogP contribution in [0.4, 0.5) is 0 Å². The molecule has 1 aliphatic carbocycles. The average molecular weight is 226 g/mol. The van der Waals surface area contributed by atoms with Crippen molar-refractivity contribution in [2.75, 3.05) is 6.61 Å². The zero-order valence-electron chi connectivity index (χ0n) is 9.78. The van der Waals surface area contributed by atoms with E-state index >= 15 is 0 Å². The van der Waals surface area contributed by atoms with E-state index in [2.05, 4.69) is 5.32 Å². The highest BCUT2D eigenvalue weighted by molar-refractivity contribution is 5.76. The van der Waals surface area contributed by atoms with Gasteiger partial charge in [-0.2, -0.15) is 0 Å². The number of hydrogen-bond acceptors (Lipinski definition) is 3. The molecule has 3 atom stereocenters. The highest BCUT2D eigenvalue weighted by Crippen LogP contribution is 2.19. The molecule has 2 fully saturated rings. The first-order valence-electron chi connectivity index (χ1n) is 6.42. The predicted molar refractivity (Wildman–Crippen MR) is 62.0 cm³/mol. The first-order chi connectivity index (χ1) is 7.75. The molecule has 0 radical (unpaired) electrons. The minimum absolute atomic E-state index is 0.137. The maximum absolute atomic E-state index is 11.7. The number of ether oxygens (including phenoxy) is 1. The van der Waals surface area contributed by atoms with E-state index in [4.69, 9.17) is 10.5 Å². The number of carbonyl (C=O) groups is 1. The summed E-state index contributed by atoms with van der Waals surface area (Å²) in [5.41, 5.74) is 5.91. The first-order valence-corrected chi connectivity index (χ1v) is 6.42. The third-order valence-electron chi connectivity index (χ3n) is 3.63. The maximum Gasteiger partial charge on any atom is 0.220 e. The van der Waals surface area contributed by atoms with Crippen LogP contribution in [0.25, 0.3) is 0 Å². The molecule has 0 bridgehead atoms. The second-order valence-corrected chi connectivity index (χ2v) is 4.94. The van der Waals surface area contributed by atoms with Crippen LogP contribution in [0.3, 0.4) is 0 Å². The zero-order valence-corrected chi connectivity index (χ0v) is 9.78. The Morgan fingerprint density at radius 2 is 2.19 bits per heavy atom. The summed E-state index contributed by atoms with van der Waals surface area (Å²) in [6.07, 6.45) is 7.20. The molecule has 4 heteroatoms. The number of nitrogens with two attached hydrogens (primary N) is 1. The smallest absolute Gasteiger partial charge is 0.220 e. The van der Waals surface area contributed by atoms with Crippen molar-refractivity contribution in [2.24, 2.45) is 5.73 Å². The van der Waals surface area contributed by atoms with Gasteiger partial charge in [0.25, 0.3) is 0 Å². The lowest BCUT2D eigenvalue weighted by atomic mass is 10.1. The number of carbonyl (C=O) groups excluding carboxylic acids is 1. The van der Waals surface area contributed by atoms with Gasteiger partial charge < -0.3 is 15.8 Å². The van der Waals surface area contributed by atoms with Crippen molar-refractivity contribution in [3.63, 3.8) is 0 Å². The quantitative estimate of drug-likeness (QED) is 0.750. The highest BCUT2D eigenvalue weighted by Gasteiger charge is 2.25. The third-order valence-corrected chi connectivity index (χ3v) is 3.63. The molecule has 4 nitrogen and oxygen atoms in total. The van der Waals surface area contributed by atoms with E-state index in [1.165, 1.54) is 0 Å². The molecular formula is C12H22N2O2. The van der Waals surface area contributed by atoms with Gasteiger partial charge in [0.05, 0.1) is 6.10 Å². The van der Waals surface area contributed by atoms with Crippen molar-refractivity contribution < 1.29 is 9.53 Å². The summed E-state index contributed by atoms with van der Waals surface area (Å²) in [5, 5.41) is 3.03. The van der Waals surface area contributed by atoms with Crippen LogP contribution in [0.2, 0.25) is 0 Å². The normalized spacial score (nSPS) is 34.2. The van der Waals surface area contributed by atoms with Gasteiger partial charge >= 0.3 is 0 Å². The van der Waals surface area contributed by atoms with Crippen molar-refractivity contribution >= 4 is 5.91 Å². The summed E-state index contributed by atoms with van der Waals surface area (Å²) in [4.78, 5) is 11.7. The average Bonchev–Trinajstić information content (AvgIpc) is 2.88. The van der Waals surface area contributed by atoms with Crippen LogP contribution >= 0.6 is 0 Å². The molecule has 1 saturated heterocycles. The van der Waals surface area contributed by atoms with Gasteiger partial charge in [-0.05, 0) is 38.5 Å². The van der Waals surface area contributed by atoms with Gasteiger partial charge in [-0.15, -0.1) is 0 Å². The van der Waals surface area contributed by atoms with E-state index in [0.717, 1.165) is 45.1 Å². The summed E-state index contributed by atoms with van der Waals surface area (Å²) in [6, 6.07) is 0.365. The largest absolute Gasteiger partial charge is 0.378 e. The number of rotatable bonds is 4. The lowest BCUT2D eigenvalue weighted by molar-refractivity contribution is -0.122. The minimum Gasteiger partial charge on any atom is -0.378 e. The first kappa shape index (κ1) is 11.9. The molecule has 16 heavy (non-hydrogen) atoms. The zero-order chi connectivity index (χ0) is 11.4. The molecule has 3 unspecified atom stereocenters. The third kappa shape index (κ3) is 3.19. The lowest BCUT2D eigenvalue weighted by Gasteiger charge is -2.17. The van der Waals surface area contributed by atoms with Gasteiger partial charge in [-0.1, -0.05) is 0 Å². The Balaban J connectivity index is 1.63. The van der Waals surface area contributed by atoms with E-state index < -0.39 is 0 Å². The highest BCUT2D eigenvalue weighted by atomic mass is 16.5. The lowest BCUT2D eigenvalue weighted by Crippen LogP contribution is -2.44. The van der Waals surface area contributed by atoms with Gasteiger partial charge in [0.2, 0.25) is 5.91 Å². The van der Waals surface area contributed by atoms with E-state index in [1.807, 2.05) is 0 Å². The SMILES string of the molecule is NC1CCCC1NC(=O)CCC1CCCO1. The molecule has 2 aliphatic rings. The van der Waals surface area contributed by atoms with Crippen molar-refractivity contribution in [2.45, 2.75) is 63.1 Å². The number of nitrogens with one attached hydrogen (secondary N) is 1. The van der Waals surface area contributed by atoms with Gasteiger partial charge in [0.1, 0.15) is 0 Å². The summed E-state index contributed by atoms with van der Waals surface area (Å²) in [7, 11) is 0. The summed E-state index contributed by atoms with van der Waals surface area (Å²) in [6.45, 7) is 0.861. The molecule has 92 valence electrons. The Morgan fingerprint density at radius 1 is 1.31 bits per heavy atom. The number of amides is 1. The van der Waals surface area contributed by atoms with Crippen molar-refractivity contribution in [3.05, 3.63) is 0 Å². The Labute approximate surface area is 96.9 Å². The van der Waals surface area contributed by atoms with Gasteiger partial charge in [-0.25, -0.2) is 0 Å². The van der Waals surface area contributed by atoms with Crippen molar-refractivity contribution in [1.82, 2.24) is 5.32 Å². The van der Waals surface area contributed by atoms with Crippen molar-refractivity contribution in [1.29, 1.82) is 0 Å². The van der Waals surface area contributed by atoms with E-state index in [9.17, 15) is 4.79 Å². The molecule has 0 spiro atoms. The fourth-order valence-electron chi connectivity index (χ4n) is 2.61. The molecule has 0 aromatic rings. The van der Waals surface area contributed by atoms with Crippen LogP contribution in [0.15, 0.2) is 0 Å². The Morgan fingerprint density at radius 3 is 2.81 bits per heavy atom. The monoisotopic (exact) mass is 226 g/mol. The summed E-state index contributed by atoms with van der Waals surface area (Å²) in [5.74, 6) is 0.137. The van der Waals surface area contributed by atoms with Crippen LogP contribution < -0.4 is 11.1 Å². The fraction of sp³-hybridized carbons (Fsp3) is 0.917. The predicted octanol–water partition coefficient (Wildman–Crippen LogP) is 0.942. The molecule has 2 rings (SSSR count). The second-order valence-electron chi connectivity index (χ2n) is 4.94. The van der Waals surface area contributed by atoms with E-state index in [1.54, 1.807) is 0 Å². The van der Waals surface area contributed by atoms with Crippen LogP contribution in [-0.4, -0.2) is 30.7 Å². The minimum atomic E-state index is 0.137. The fourth-order valence-corrected chi connectivity index (χ4v) is 2.61. The van der Waals surface area contributed by atoms with Gasteiger partial charge in [-0.3, -0.25) is 4.79 Å². The van der Waals surface area contributed by atoms with Crippen molar-refractivity contribution in [3.8, 4) is 0 Å². The molecule has 3 N–H and O–H groups in total. The van der Waals surface area contributed by atoms with Crippen LogP contribution in [0, 0.1) is 0 Å². The van der Waals surface area contributed by atoms with Crippen LogP contribution in [-0.2, 0) is 9.53 Å². The molecule has 1 heterocycles. The molecular weight excluding hydrogens is 204 g/mol. The molecule has 0 aromatic carbocycles. The Hall–Kier alpha value is -0.610. The van der Waals surface area contributed by atoms with E-state index in [-0.39, 0.29) is 18.0 Å². The topological polar surface area (TPSA) is 64.3 Å². The van der Waals surface area contributed by atoms with Gasteiger partial charge in [0.15, 0.2) is 0 Å². The van der Waals surface area contributed by atoms with Gasteiger partial charge in [0, 0.05) is 25.1 Å². The standard InChI is InChI=1S/C12H22N2O2/c13-10-4-1-5-11(10)14-12(15)7-6-9-3-2-8-16-9/h9-11H,1-8,13H2,(H,14,15). The molecule has 1 amide bonds. The molecule has 0 aromatic heterocycles. The Kier molecular flexibility index (Phi) is 4.18. The number of hydrogen-bond donors (Lipinski definition) is 2. The summed E-state index contributed by atoms with van der Waals surface area (Å²) < 4.78 is 5.49. The Bertz CT molecular complexity index is 239. The molecule has 1 aliphatic heterocycles.